The SMILES string of the molecule is COc1nccnc1C(O)Cc1ccc(C(F)(F)F)cc1. The van der Waals surface area contributed by atoms with Crippen molar-refractivity contribution in [2.24, 2.45) is 0 Å². The van der Waals surface area contributed by atoms with Gasteiger partial charge in [-0.25, -0.2) is 4.98 Å². The number of halogens is 3. The van der Waals surface area contributed by atoms with Crippen LogP contribution in [0.1, 0.15) is 22.9 Å². The molecule has 0 radical (unpaired) electrons. The zero-order valence-corrected chi connectivity index (χ0v) is 11.1. The van der Waals surface area contributed by atoms with Gasteiger partial charge < -0.3 is 9.84 Å². The van der Waals surface area contributed by atoms with Gasteiger partial charge in [0.05, 0.1) is 12.7 Å². The number of nitrogens with zero attached hydrogens (tertiary/aromatic N) is 2. The van der Waals surface area contributed by atoms with Crippen molar-refractivity contribution in [2.75, 3.05) is 7.11 Å². The van der Waals surface area contributed by atoms with E-state index in [0.717, 1.165) is 12.1 Å². The molecule has 1 atom stereocenters. The highest BCUT2D eigenvalue weighted by Gasteiger charge is 2.30. The van der Waals surface area contributed by atoms with Crippen LogP contribution in [0.25, 0.3) is 0 Å². The molecule has 0 spiro atoms. The third-order valence-corrected chi connectivity index (χ3v) is 2.91. The van der Waals surface area contributed by atoms with E-state index in [4.69, 9.17) is 4.74 Å². The van der Waals surface area contributed by atoms with Crippen molar-refractivity contribution >= 4 is 0 Å². The molecule has 0 bridgehead atoms. The molecule has 0 saturated carbocycles. The minimum Gasteiger partial charge on any atom is -0.480 e. The lowest BCUT2D eigenvalue weighted by Crippen LogP contribution is -2.08. The Balaban J connectivity index is 2.14. The van der Waals surface area contributed by atoms with Crippen molar-refractivity contribution in [1.29, 1.82) is 0 Å². The Morgan fingerprint density at radius 1 is 1.14 bits per heavy atom. The first kappa shape index (κ1) is 15.2. The molecule has 1 aromatic heterocycles. The second-order valence-corrected chi connectivity index (χ2v) is 4.37. The summed E-state index contributed by atoms with van der Waals surface area (Å²) in [4.78, 5) is 7.90. The van der Waals surface area contributed by atoms with Crippen molar-refractivity contribution in [3.05, 3.63) is 53.5 Å². The first-order chi connectivity index (χ1) is 9.91. The van der Waals surface area contributed by atoms with Crippen LogP contribution in [0.2, 0.25) is 0 Å². The quantitative estimate of drug-likeness (QED) is 0.943. The smallest absolute Gasteiger partial charge is 0.416 e. The summed E-state index contributed by atoms with van der Waals surface area (Å²) < 4.78 is 42.4. The van der Waals surface area contributed by atoms with E-state index in [1.165, 1.54) is 31.6 Å². The van der Waals surface area contributed by atoms with Crippen LogP contribution >= 0.6 is 0 Å². The minimum atomic E-state index is -4.37. The van der Waals surface area contributed by atoms with Gasteiger partial charge in [-0.1, -0.05) is 12.1 Å². The number of aliphatic hydroxyl groups excluding tert-OH is 1. The van der Waals surface area contributed by atoms with Crippen LogP contribution in [0.4, 0.5) is 13.2 Å². The number of aromatic nitrogens is 2. The molecule has 0 fully saturated rings. The van der Waals surface area contributed by atoms with Crippen LogP contribution in [0.3, 0.4) is 0 Å². The van der Waals surface area contributed by atoms with E-state index in [1.807, 2.05) is 0 Å². The molecule has 2 rings (SSSR count). The molecular weight excluding hydrogens is 285 g/mol. The van der Waals surface area contributed by atoms with Crippen LogP contribution in [0.15, 0.2) is 36.7 Å². The highest BCUT2D eigenvalue weighted by atomic mass is 19.4. The fourth-order valence-corrected chi connectivity index (χ4v) is 1.87. The molecule has 1 heterocycles. The maximum Gasteiger partial charge on any atom is 0.416 e. The molecule has 0 aliphatic rings. The summed E-state index contributed by atoms with van der Waals surface area (Å²) in [6.45, 7) is 0. The number of methoxy groups -OCH3 is 1. The van der Waals surface area contributed by atoms with E-state index < -0.39 is 17.8 Å². The zero-order chi connectivity index (χ0) is 15.5. The molecule has 0 aliphatic heterocycles. The Hall–Kier alpha value is -2.15. The molecule has 0 amide bonds. The normalized spacial score (nSPS) is 13.0. The Bertz CT molecular complexity index is 600. The van der Waals surface area contributed by atoms with Gasteiger partial charge in [-0.05, 0) is 17.7 Å². The Morgan fingerprint density at radius 3 is 2.33 bits per heavy atom. The van der Waals surface area contributed by atoms with Crippen molar-refractivity contribution in [2.45, 2.75) is 18.7 Å². The second kappa shape index (κ2) is 6.09. The molecule has 1 N–H and O–H groups in total. The van der Waals surface area contributed by atoms with Crippen molar-refractivity contribution in [3.63, 3.8) is 0 Å². The van der Waals surface area contributed by atoms with Gasteiger partial charge in [0.1, 0.15) is 11.8 Å². The van der Waals surface area contributed by atoms with Crippen LogP contribution in [0.5, 0.6) is 5.88 Å². The van der Waals surface area contributed by atoms with Gasteiger partial charge >= 0.3 is 6.18 Å². The average molecular weight is 298 g/mol. The molecule has 0 aliphatic carbocycles. The van der Waals surface area contributed by atoms with Crippen LogP contribution < -0.4 is 4.74 Å². The molecule has 7 heteroatoms. The lowest BCUT2D eigenvalue weighted by Gasteiger charge is -2.13. The van der Waals surface area contributed by atoms with Gasteiger partial charge in [0.25, 0.3) is 0 Å². The van der Waals surface area contributed by atoms with Crippen LogP contribution in [-0.4, -0.2) is 22.2 Å². The van der Waals surface area contributed by atoms with Gasteiger partial charge in [0.2, 0.25) is 5.88 Å². The summed E-state index contributed by atoms with van der Waals surface area (Å²) in [5, 5.41) is 10.1. The minimum absolute atomic E-state index is 0.118. The fourth-order valence-electron chi connectivity index (χ4n) is 1.87. The largest absolute Gasteiger partial charge is 0.480 e. The predicted octanol–water partition coefficient (Wildman–Crippen LogP) is 2.78. The van der Waals surface area contributed by atoms with Crippen molar-refractivity contribution in [3.8, 4) is 5.88 Å². The average Bonchev–Trinajstić information content (AvgIpc) is 2.46. The number of hydrogen-bond acceptors (Lipinski definition) is 4. The van der Waals surface area contributed by atoms with Gasteiger partial charge in [-0.2, -0.15) is 13.2 Å². The monoisotopic (exact) mass is 298 g/mol. The fraction of sp³-hybridized carbons (Fsp3) is 0.286. The molecule has 21 heavy (non-hydrogen) atoms. The third kappa shape index (κ3) is 3.69. The second-order valence-electron chi connectivity index (χ2n) is 4.37. The summed E-state index contributed by atoms with van der Waals surface area (Å²) in [5.41, 5.74) is 0.0842. The highest BCUT2D eigenvalue weighted by molar-refractivity contribution is 5.27. The Morgan fingerprint density at radius 2 is 1.76 bits per heavy atom. The molecule has 112 valence electrons. The van der Waals surface area contributed by atoms with Gasteiger partial charge in [0.15, 0.2) is 0 Å². The van der Waals surface area contributed by atoms with E-state index in [0.29, 0.717) is 5.56 Å². The summed E-state index contributed by atoms with van der Waals surface area (Å²) in [5.74, 6) is 0.192. The number of ether oxygens (including phenoxy) is 1. The Labute approximate surface area is 119 Å². The summed E-state index contributed by atoms with van der Waals surface area (Å²) in [6.07, 6.45) is -2.43. The molecule has 1 unspecified atom stereocenters. The van der Waals surface area contributed by atoms with E-state index in [-0.39, 0.29) is 18.0 Å². The van der Waals surface area contributed by atoms with Gasteiger partial charge in [-0.3, -0.25) is 4.98 Å². The first-order valence-electron chi connectivity index (χ1n) is 6.11. The van der Waals surface area contributed by atoms with E-state index in [1.54, 1.807) is 0 Å². The Kier molecular flexibility index (Phi) is 4.42. The molecule has 4 nitrogen and oxygen atoms in total. The molecule has 1 aromatic carbocycles. The van der Waals surface area contributed by atoms with Crippen molar-refractivity contribution in [1.82, 2.24) is 9.97 Å². The topological polar surface area (TPSA) is 55.2 Å². The summed E-state index contributed by atoms with van der Waals surface area (Å²) >= 11 is 0. The number of aliphatic hydroxyl groups is 1. The standard InChI is InChI=1S/C14H13F3N2O2/c1-21-13-12(18-6-7-19-13)11(20)8-9-2-4-10(5-3-9)14(15,16)17/h2-7,11,20H,8H2,1H3. The number of alkyl halides is 3. The molecule has 0 saturated heterocycles. The summed E-state index contributed by atoms with van der Waals surface area (Å²) in [7, 11) is 1.40. The number of benzene rings is 1. The first-order valence-corrected chi connectivity index (χ1v) is 6.11. The van der Waals surface area contributed by atoms with Crippen LogP contribution in [0, 0.1) is 0 Å². The maximum atomic E-state index is 12.5. The van der Waals surface area contributed by atoms with Crippen LogP contribution in [-0.2, 0) is 12.6 Å². The lowest BCUT2D eigenvalue weighted by molar-refractivity contribution is -0.137. The molecular formula is C14H13F3N2O2. The third-order valence-electron chi connectivity index (χ3n) is 2.91. The van der Waals surface area contributed by atoms with Gasteiger partial charge in [0, 0.05) is 18.8 Å². The van der Waals surface area contributed by atoms with Crippen molar-refractivity contribution < 1.29 is 23.0 Å². The van der Waals surface area contributed by atoms with E-state index in [2.05, 4.69) is 9.97 Å². The molecule has 2 aromatic rings. The number of rotatable bonds is 4. The lowest BCUT2D eigenvalue weighted by atomic mass is 10.0. The van der Waals surface area contributed by atoms with Gasteiger partial charge in [-0.15, -0.1) is 0 Å². The zero-order valence-electron chi connectivity index (χ0n) is 11.1. The van der Waals surface area contributed by atoms with E-state index in [9.17, 15) is 18.3 Å². The highest BCUT2D eigenvalue weighted by Crippen LogP contribution is 2.30. The van der Waals surface area contributed by atoms with E-state index >= 15 is 0 Å². The number of hydrogen-bond donors (Lipinski definition) is 1. The predicted molar refractivity (Wildman–Crippen MR) is 68.7 cm³/mol. The summed E-state index contributed by atoms with van der Waals surface area (Å²) in [6, 6.07) is 4.62. The maximum absolute atomic E-state index is 12.5.